The summed E-state index contributed by atoms with van der Waals surface area (Å²) in [5.74, 6) is 0.950. The highest BCUT2D eigenvalue weighted by atomic mass is 15.0. The van der Waals surface area contributed by atoms with Gasteiger partial charge in [-0.1, -0.05) is 6.07 Å². The number of rotatable bonds is 2. The minimum Gasteiger partial charge on any atom is -0.373 e. The van der Waals surface area contributed by atoms with E-state index in [9.17, 15) is 0 Å². The quantitative estimate of drug-likeness (QED) is 0.719. The summed E-state index contributed by atoms with van der Waals surface area (Å²) in [5.41, 5.74) is 1.16. The van der Waals surface area contributed by atoms with Gasteiger partial charge in [-0.05, 0) is 31.5 Å². The molecule has 0 spiro atoms. The highest BCUT2D eigenvalue weighted by Gasteiger charge is 2.16. The van der Waals surface area contributed by atoms with Gasteiger partial charge in [0.1, 0.15) is 5.82 Å². The Kier molecular flexibility index (Phi) is 2.45. The number of hydrogen-bond donors (Lipinski definition) is 2. The molecule has 0 saturated carbocycles. The summed E-state index contributed by atoms with van der Waals surface area (Å²) in [7, 11) is 1.90. The Bertz CT molecular complexity index is 279. The summed E-state index contributed by atoms with van der Waals surface area (Å²) in [6, 6.07) is 6.59. The Hall–Kier alpha value is -1.09. The van der Waals surface area contributed by atoms with Crippen LogP contribution in [0.25, 0.3) is 0 Å². The zero-order valence-corrected chi connectivity index (χ0v) is 7.88. The second-order valence-corrected chi connectivity index (χ2v) is 3.35. The molecule has 2 N–H and O–H groups in total. The van der Waals surface area contributed by atoms with Crippen molar-refractivity contribution in [3.05, 3.63) is 23.9 Å². The Morgan fingerprint density at radius 1 is 1.54 bits per heavy atom. The van der Waals surface area contributed by atoms with Crippen molar-refractivity contribution in [1.29, 1.82) is 0 Å². The number of aromatic nitrogens is 1. The molecule has 1 aliphatic rings. The molecule has 1 atom stereocenters. The van der Waals surface area contributed by atoms with Crippen LogP contribution in [0.5, 0.6) is 0 Å². The molecular formula is C10H15N3. The smallest absolute Gasteiger partial charge is 0.126 e. The van der Waals surface area contributed by atoms with E-state index in [2.05, 4.69) is 21.7 Å². The van der Waals surface area contributed by atoms with Gasteiger partial charge in [0.15, 0.2) is 0 Å². The first kappa shape index (κ1) is 8.51. The zero-order valence-electron chi connectivity index (χ0n) is 7.88. The van der Waals surface area contributed by atoms with E-state index in [-0.39, 0.29) is 0 Å². The van der Waals surface area contributed by atoms with Gasteiger partial charge >= 0.3 is 0 Å². The lowest BCUT2D eigenvalue weighted by molar-refractivity contribution is 0.628. The third kappa shape index (κ3) is 1.80. The average molecular weight is 177 g/mol. The van der Waals surface area contributed by atoms with Crippen LogP contribution in [-0.4, -0.2) is 18.6 Å². The predicted octanol–water partition coefficient (Wildman–Crippen LogP) is 1.55. The second-order valence-electron chi connectivity index (χ2n) is 3.35. The van der Waals surface area contributed by atoms with Crippen LogP contribution in [0.2, 0.25) is 0 Å². The molecule has 1 saturated heterocycles. The molecule has 0 amide bonds. The summed E-state index contributed by atoms with van der Waals surface area (Å²) in [4.78, 5) is 4.50. The molecule has 1 aromatic rings. The number of anilines is 1. The SMILES string of the molecule is CNc1cccc([C@H]2CCCN2)n1. The van der Waals surface area contributed by atoms with Crippen LogP contribution in [0.4, 0.5) is 5.82 Å². The third-order valence-electron chi connectivity index (χ3n) is 2.44. The Balaban J connectivity index is 2.18. The van der Waals surface area contributed by atoms with Crippen molar-refractivity contribution in [2.24, 2.45) is 0 Å². The summed E-state index contributed by atoms with van der Waals surface area (Å²) >= 11 is 0. The van der Waals surface area contributed by atoms with E-state index in [4.69, 9.17) is 0 Å². The summed E-state index contributed by atoms with van der Waals surface area (Å²) in [6.07, 6.45) is 2.47. The topological polar surface area (TPSA) is 37.0 Å². The average Bonchev–Trinajstić information content (AvgIpc) is 2.71. The van der Waals surface area contributed by atoms with E-state index in [1.807, 2.05) is 19.2 Å². The largest absolute Gasteiger partial charge is 0.373 e. The van der Waals surface area contributed by atoms with E-state index in [0.717, 1.165) is 18.1 Å². The van der Waals surface area contributed by atoms with Gasteiger partial charge in [0, 0.05) is 13.1 Å². The van der Waals surface area contributed by atoms with E-state index in [1.54, 1.807) is 0 Å². The molecule has 2 rings (SSSR count). The van der Waals surface area contributed by atoms with E-state index in [0.29, 0.717) is 6.04 Å². The molecule has 0 bridgehead atoms. The maximum absolute atomic E-state index is 4.50. The second kappa shape index (κ2) is 3.75. The Morgan fingerprint density at radius 3 is 3.15 bits per heavy atom. The van der Waals surface area contributed by atoms with E-state index in [1.165, 1.54) is 12.8 Å². The summed E-state index contributed by atoms with van der Waals surface area (Å²) < 4.78 is 0. The molecule has 0 aliphatic carbocycles. The van der Waals surface area contributed by atoms with Crippen LogP contribution < -0.4 is 10.6 Å². The van der Waals surface area contributed by atoms with Crippen LogP contribution in [0.3, 0.4) is 0 Å². The molecule has 70 valence electrons. The number of nitrogens with one attached hydrogen (secondary N) is 2. The normalized spacial score (nSPS) is 21.8. The summed E-state index contributed by atoms with van der Waals surface area (Å²) in [6.45, 7) is 1.12. The van der Waals surface area contributed by atoms with Crippen LogP contribution in [0, 0.1) is 0 Å². The van der Waals surface area contributed by atoms with Crippen LogP contribution in [-0.2, 0) is 0 Å². The van der Waals surface area contributed by atoms with Crippen LogP contribution >= 0.6 is 0 Å². The van der Waals surface area contributed by atoms with Crippen molar-refractivity contribution in [3.63, 3.8) is 0 Å². The maximum atomic E-state index is 4.50. The molecular weight excluding hydrogens is 162 g/mol. The van der Waals surface area contributed by atoms with Crippen molar-refractivity contribution >= 4 is 5.82 Å². The lowest BCUT2D eigenvalue weighted by atomic mass is 10.1. The fourth-order valence-corrected chi connectivity index (χ4v) is 1.72. The number of hydrogen-bond acceptors (Lipinski definition) is 3. The molecule has 2 heterocycles. The summed E-state index contributed by atoms with van der Waals surface area (Å²) in [5, 5.41) is 6.49. The highest BCUT2D eigenvalue weighted by Crippen LogP contribution is 2.21. The number of nitrogens with zero attached hydrogens (tertiary/aromatic N) is 1. The van der Waals surface area contributed by atoms with E-state index < -0.39 is 0 Å². The van der Waals surface area contributed by atoms with Crippen molar-refractivity contribution in [2.75, 3.05) is 18.9 Å². The molecule has 1 aliphatic heterocycles. The highest BCUT2D eigenvalue weighted by molar-refractivity contribution is 5.35. The van der Waals surface area contributed by atoms with Gasteiger partial charge < -0.3 is 10.6 Å². The molecule has 0 unspecified atom stereocenters. The first-order valence-corrected chi connectivity index (χ1v) is 4.78. The lowest BCUT2D eigenvalue weighted by Gasteiger charge is -2.10. The van der Waals surface area contributed by atoms with Crippen molar-refractivity contribution in [3.8, 4) is 0 Å². The minimum absolute atomic E-state index is 0.466. The van der Waals surface area contributed by atoms with Gasteiger partial charge in [-0.2, -0.15) is 0 Å². The lowest BCUT2D eigenvalue weighted by Crippen LogP contribution is -2.14. The Labute approximate surface area is 78.6 Å². The molecule has 0 radical (unpaired) electrons. The van der Waals surface area contributed by atoms with Gasteiger partial charge in [0.2, 0.25) is 0 Å². The van der Waals surface area contributed by atoms with E-state index >= 15 is 0 Å². The third-order valence-corrected chi connectivity index (χ3v) is 2.44. The predicted molar refractivity (Wildman–Crippen MR) is 53.8 cm³/mol. The molecule has 13 heavy (non-hydrogen) atoms. The van der Waals surface area contributed by atoms with Crippen LogP contribution in [0.1, 0.15) is 24.6 Å². The molecule has 1 aromatic heterocycles. The molecule has 3 heteroatoms. The monoisotopic (exact) mass is 177 g/mol. The first-order valence-electron chi connectivity index (χ1n) is 4.78. The molecule has 1 fully saturated rings. The van der Waals surface area contributed by atoms with Gasteiger partial charge in [0.05, 0.1) is 5.69 Å². The Morgan fingerprint density at radius 2 is 2.46 bits per heavy atom. The standard InChI is InChI=1S/C10H15N3/c1-11-10-6-2-4-9(13-10)8-5-3-7-12-8/h2,4,6,8,12H,3,5,7H2,1H3,(H,11,13)/t8-/m1/s1. The fraction of sp³-hybridized carbons (Fsp3) is 0.500. The number of pyridine rings is 1. The first-order chi connectivity index (χ1) is 6.40. The fourth-order valence-electron chi connectivity index (χ4n) is 1.72. The maximum Gasteiger partial charge on any atom is 0.126 e. The van der Waals surface area contributed by atoms with Crippen molar-refractivity contribution in [1.82, 2.24) is 10.3 Å². The van der Waals surface area contributed by atoms with Gasteiger partial charge in [-0.3, -0.25) is 0 Å². The van der Waals surface area contributed by atoms with Gasteiger partial charge in [-0.25, -0.2) is 4.98 Å². The van der Waals surface area contributed by atoms with Crippen molar-refractivity contribution < 1.29 is 0 Å². The van der Waals surface area contributed by atoms with Crippen molar-refractivity contribution in [2.45, 2.75) is 18.9 Å². The van der Waals surface area contributed by atoms with Gasteiger partial charge in [0.25, 0.3) is 0 Å². The van der Waals surface area contributed by atoms with Crippen LogP contribution in [0.15, 0.2) is 18.2 Å². The molecule has 3 nitrogen and oxygen atoms in total. The van der Waals surface area contributed by atoms with Gasteiger partial charge in [-0.15, -0.1) is 0 Å². The minimum atomic E-state index is 0.466. The zero-order chi connectivity index (χ0) is 9.10. The molecule has 0 aromatic carbocycles.